The Morgan fingerprint density at radius 1 is 1.11 bits per heavy atom. The molecule has 3 N–H and O–H groups in total. The molecule has 0 spiro atoms. The molecule has 4 aromatic rings. The number of benzene rings is 1. The first-order valence-electron chi connectivity index (χ1n) is 11.8. The third-order valence-corrected chi connectivity index (χ3v) is 6.29. The van der Waals surface area contributed by atoms with E-state index in [9.17, 15) is 23.9 Å². The zero-order valence-corrected chi connectivity index (χ0v) is 20.3. The van der Waals surface area contributed by atoms with Crippen molar-refractivity contribution in [2.24, 2.45) is 0 Å². The quantitative estimate of drug-likeness (QED) is 0.318. The van der Waals surface area contributed by atoms with Gasteiger partial charge in [0.05, 0.1) is 30.8 Å². The Morgan fingerprint density at radius 3 is 2.61 bits per heavy atom. The monoisotopic (exact) mass is 517 g/mol. The lowest BCUT2D eigenvalue weighted by molar-refractivity contribution is -0.137. The summed E-state index contributed by atoms with van der Waals surface area (Å²) >= 11 is 0. The Labute approximate surface area is 216 Å². The molecule has 1 saturated heterocycles. The number of Topliss-reactive ketones (excluding diaryl/α,β-unsaturated/α-hetero) is 1. The molecule has 0 radical (unpaired) electrons. The molecule has 0 aliphatic carbocycles. The van der Waals surface area contributed by atoms with Crippen molar-refractivity contribution >= 4 is 45.7 Å². The number of likely N-dealkylation sites (tertiary alicyclic amines) is 1. The molecule has 11 nitrogen and oxygen atoms in total. The molecule has 2 atom stereocenters. The number of rotatable bonds is 7. The third-order valence-electron chi connectivity index (χ3n) is 6.29. The molecule has 0 saturated carbocycles. The number of pyridine rings is 1. The zero-order chi connectivity index (χ0) is 26.8. The molecule has 2 unspecified atom stereocenters. The van der Waals surface area contributed by atoms with Crippen LogP contribution in [-0.2, 0) is 16.1 Å². The van der Waals surface area contributed by atoms with Crippen molar-refractivity contribution < 1.29 is 23.9 Å². The van der Waals surface area contributed by atoms with E-state index in [0.29, 0.717) is 27.8 Å². The van der Waals surface area contributed by atoms with Gasteiger partial charge in [0.1, 0.15) is 36.7 Å². The predicted octanol–water partition coefficient (Wildman–Crippen LogP) is 3.06. The summed E-state index contributed by atoms with van der Waals surface area (Å²) in [5.74, 6) is -1.09. The zero-order valence-electron chi connectivity index (χ0n) is 20.3. The highest BCUT2D eigenvalue weighted by Crippen LogP contribution is 2.28. The summed E-state index contributed by atoms with van der Waals surface area (Å²) in [6, 6.07) is 7.12. The lowest BCUT2D eigenvalue weighted by Crippen LogP contribution is -2.44. The van der Waals surface area contributed by atoms with Crippen LogP contribution in [0.3, 0.4) is 0 Å². The van der Waals surface area contributed by atoms with Crippen LogP contribution in [0.25, 0.3) is 10.9 Å². The maximum atomic E-state index is 14.4. The molecular weight excluding hydrogens is 493 g/mol. The summed E-state index contributed by atoms with van der Waals surface area (Å²) in [4.78, 5) is 51.6. The van der Waals surface area contributed by atoms with E-state index in [1.807, 2.05) is 0 Å². The molecule has 1 aliphatic rings. The Bertz CT molecular complexity index is 1510. The van der Waals surface area contributed by atoms with Crippen LogP contribution in [0, 0.1) is 0 Å². The predicted molar refractivity (Wildman–Crippen MR) is 137 cm³/mol. The van der Waals surface area contributed by atoms with E-state index >= 15 is 0 Å². The second-order valence-electron chi connectivity index (χ2n) is 9.00. The number of nitrogens with one attached hydrogen (secondary N) is 2. The summed E-state index contributed by atoms with van der Waals surface area (Å²) < 4.78 is 16.0. The first-order chi connectivity index (χ1) is 18.3. The third kappa shape index (κ3) is 5.14. The molecule has 38 heavy (non-hydrogen) atoms. The van der Waals surface area contributed by atoms with Gasteiger partial charge in [0, 0.05) is 34.8 Å². The smallest absolute Gasteiger partial charge is 0.248 e. The van der Waals surface area contributed by atoms with Gasteiger partial charge in [-0.15, -0.1) is 0 Å². The Morgan fingerprint density at radius 2 is 1.89 bits per heavy atom. The number of amides is 2. The van der Waals surface area contributed by atoms with Gasteiger partial charge in [-0.3, -0.25) is 14.4 Å². The summed E-state index contributed by atoms with van der Waals surface area (Å²) in [5, 5.41) is 15.8. The highest BCUT2D eigenvalue weighted by molar-refractivity contribution is 6.08. The standard InChI is InChI=1S/C26H24FN7O4/c1-15(35)21-12-33(22-4-2-17(7-20(21)22)31-18-8-28-14-29-9-18)13-25(37)34-11-16(27)6-23(34)26(38)32-24-5-3-19(36)10-30-24/h2-5,7-10,12,14,16,23,31,36H,6,11,13H2,1H3,(H,30,32,38). The van der Waals surface area contributed by atoms with Crippen LogP contribution in [0.15, 0.2) is 61.4 Å². The van der Waals surface area contributed by atoms with E-state index in [1.165, 1.54) is 36.5 Å². The fourth-order valence-corrected chi connectivity index (χ4v) is 4.53. The second-order valence-corrected chi connectivity index (χ2v) is 9.00. The maximum absolute atomic E-state index is 14.4. The first kappa shape index (κ1) is 24.8. The van der Waals surface area contributed by atoms with E-state index in [4.69, 9.17) is 0 Å². The van der Waals surface area contributed by atoms with E-state index in [-0.39, 0.29) is 36.9 Å². The minimum absolute atomic E-state index is 0.0645. The van der Waals surface area contributed by atoms with Crippen LogP contribution in [0.2, 0.25) is 0 Å². The van der Waals surface area contributed by atoms with Crippen molar-refractivity contribution in [3.05, 3.63) is 67.0 Å². The number of fused-ring (bicyclic) bond motifs is 1. The molecular formula is C26H24FN7O4. The van der Waals surface area contributed by atoms with Crippen molar-refractivity contribution in [2.75, 3.05) is 17.2 Å². The Hall–Kier alpha value is -4.87. The van der Waals surface area contributed by atoms with Crippen molar-refractivity contribution in [3.63, 3.8) is 0 Å². The van der Waals surface area contributed by atoms with Crippen LogP contribution in [0.5, 0.6) is 5.75 Å². The number of nitrogens with zero attached hydrogens (tertiary/aromatic N) is 5. The Balaban J connectivity index is 1.37. The van der Waals surface area contributed by atoms with Gasteiger partial charge in [0.2, 0.25) is 11.8 Å². The molecule has 0 bridgehead atoms. The number of aromatic hydroxyl groups is 1. The van der Waals surface area contributed by atoms with Gasteiger partial charge < -0.3 is 25.2 Å². The number of halogens is 1. The number of aromatic nitrogens is 4. The van der Waals surface area contributed by atoms with Crippen LogP contribution in [0.1, 0.15) is 23.7 Å². The van der Waals surface area contributed by atoms with Crippen molar-refractivity contribution in [1.29, 1.82) is 0 Å². The van der Waals surface area contributed by atoms with Gasteiger partial charge in [-0.1, -0.05) is 0 Å². The summed E-state index contributed by atoms with van der Waals surface area (Å²) in [5.41, 5.74) is 2.45. The summed E-state index contributed by atoms with van der Waals surface area (Å²) in [6.45, 7) is 1.04. The minimum atomic E-state index is -1.35. The lowest BCUT2D eigenvalue weighted by Gasteiger charge is -2.24. The summed E-state index contributed by atoms with van der Waals surface area (Å²) in [6.07, 6.45) is 5.92. The molecule has 1 aromatic carbocycles. The van der Waals surface area contributed by atoms with Crippen LogP contribution in [0.4, 0.5) is 21.6 Å². The van der Waals surface area contributed by atoms with Gasteiger partial charge in [-0.2, -0.15) is 0 Å². The SMILES string of the molecule is CC(=O)c1cn(CC(=O)N2CC(F)CC2C(=O)Nc2ccc(O)cn2)c2ccc(Nc3cncnc3)cc12. The molecule has 12 heteroatoms. The van der Waals surface area contributed by atoms with E-state index < -0.39 is 24.0 Å². The van der Waals surface area contributed by atoms with Crippen molar-refractivity contribution in [2.45, 2.75) is 32.1 Å². The number of alkyl halides is 1. The van der Waals surface area contributed by atoms with Crippen LogP contribution >= 0.6 is 0 Å². The fourth-order valence-electron chi connectivity index (χ4n) is 4.53. The van der Waals surface area contributed by atoms with Gasteiger partial charge in [-0.05, 0) is 37.3 Å². The fraction of sp³-hybridized carbons (Fsp3) is 0.231. The maximum Gasteiger partial charge on any atom is 0.248 e. The van der Waals surface area contributed by atoms with E-state index in [0.717, 1.165) is 0 Å². The van der Waals surface area contributed by atoms with Crippen molar-refractivity contribution in [3.8, 4) is 5.75 Å². The first-order valence-corrected chi connectivity index (χ1v) is 11.8. The average Bonchev–Trinajstić information content (AvgIpc) is 3.47. The van der Waals surface area contributed by atoms with Gasteiger partial charge in [0.15, 0.2) is 5.78 Å². The molecule has 3 aromatic heterocycles. The highest BCUT2D eigenvalue weighted by atomic mass is 19.1. The van der Waals surface area contributed by atoms with E-state index in [1.54, 1.807) is 41.4 Å². The molecule has 1 aliphatic heterocycles. The number of carbonyl (C=O) groups excluding carboxylic acids is 3. The van der Waals surface area contributed by atoms with Gasteiger partial charge in [-0.25, -0.2) is 19.3 Å². The Kier molecular flexibility index (Phi) is 6.69. The average molecular weight is 518 g/mol. The number of carbonyl (C=O) groups is 3. The largest absolute Gasteiger partial charge is 0.506 e. The van der Waals surface area contributed by atoms with Crippen LogP contribution < -0.4 is 10.6 Å². The topological polar surface area (TPSA) is 142 Å². The number of ketones is 1. The number of anilines is 3. The van der Waals surface area contributed by atoms with Crippen LogP contribution in [-0.4, -0.2) is 65.9 Å². The van der Waals surface area contributed by atoms with Gasteiger partial charge >= 0.3 is 0 Å². The van der Waals surface area contributed by atoms with Gasteiger partial charge in [0.25, 0.3) is 0 Å². The molecule has 194 valence electrons. The molecule has 4 heterocycles. The summed E-state index contributed by atoms with van der Waals surface area (Å²) in [7, 11) is 0. The normalized spacial score (nSPS) is 16.9. The highest BCUT2D eigenvalue weighted by Gasteiger charge is 2.40. The molecule has 5 rings (SSSR count). The molecule has 1 fully saturated rings. The number of hydrogen-bond acceptors (Lipinski definition) is 8. The second kappa shape index (κ2) is 10.2. The minimum Gasteiger partial charge on any atom is -0.506 e. The van der Waals surface area contributed by atoms with E-state index in [2.05, 4.69) is 25.6 Å². The number of hydrogen-bond donors (Lipinski definition) is 3. The lowest BCUT2D eigenvalue weighted by atomic mass is 10.1. The molecule has 2 amide bonds. The van der Waals surface area contributed by atoms with Crippen molar-refractivity contribution in [1.82, 2.24) is 24.4 Å².